The number of hydrogen-bond donors (Lipinski definition) is 0. The molecule has 4 aliphatic carbocycles. The topological polar surface area (TPSA) is 26.3 Å². The van der Waals surface area contributed by atoms with Crippen LogP contribution in [0.15, 0.2) is 0 Å². The van der Waals surface area contributed by atoms with Crippen LogP contribution >= 0.6 is 0 Å². The highest BCUT2D eigenvalue weighted by Gasteiger charge is 2.60. The average molecular weight is 347 g/mol. The van der Waals surface area contributed by atoms with Crippen molar-refractivity contribution < 1.29 is 9.53 Å². The molecule has 0 radical (unpaired) electrons. The van der Waals surface area contributed by atoms with Gasteiger partial charge in [0.2, 0.25) is 0 Å². The molecule has 0 N–H and O–H groups in total. The summed E-state index contributed by atoms with van der Waals surface area (Å²) in [5, 5.41) is 0. The summed E-state index contributed by atoms with van der Waals surface area (Å²) in [6, 6.07) is 0. The van der Waals surface area contributed by atoms with Crippen LogP contribution in [0, 0.1) is 40.4 Å². The zero-order valence-corrected chi connectivity index (χ0v) is 16.9. The number of hydrogen-bond acceptors (Lipinski definition) is 2. The molecule has 4 aliphatic rings. The van der Waals surface area contributed by atoms with Crippen LogP contribution in [0.2, 0.25) is 0 Å². The minimum atomic E-state index is -0.108. The van der Waals surface area contributed by atoms with Gasteiger partial charge in [0, 0.05) is 12.8 Å². The Kier molecular flexibility index (Phi) is 4.48. The van der Waals surface area contributed by atoms with E-state index >= 15 is 0 Å². The van der Waals surface area contributed by atoms with Crippen molar-refractivity contribution in [2.75, 3.05) is 0 Å². The van der Waals surface area contributed by atoms with Gasteiger partial charge >= 0.3 is 5.97 Å². The van der Waals surface area contributed by atoms with Crippen molar-refractivity contribution in [3.8, 4) is 0 Å². The van der Waals surface area contributed by atoms with Gasteiger partial charge < -0.3 is 4.74 Å². The van der Waals surface area contributed by atoms with Crippen molar-refractivity contribution in [1.82, 2.24) is 0 Å². The summed E-state index contributed by atoms with van der Waals surface area (Å²) >= 11 is 0. The summed E-state index contributed by atoms with van der Waals surface area (Å²) < 4.78 is 5.65. The highest BCUT2D eigenvalue weighted by atomic mass is 16.5. The summed E-state index contributed by atoms with van der Waals surface area (Å²) in [6.45, 7) is 8.91. The Balaban J connectivity index is 1.56. The fraction of sp³-hybridized carbons (Fsp3) is 0.957. The third-order valence-electron chi connectivity index (χ3n) is 9.58. The van der Waals surface area contributed by atoms with Crippen LogP contribution < -0.4 is 0 Å². The first-order valence-corrected chi connectivity index (χ1v) is 11.0. The molecule has 2 nitrogen and oxygen atoms in total. The monoisotopic (exact) mass is 346 g/mol. The number of esters is 1. The molecule has 0 aromatic rings. The van der Waals surface area contributed by atoms with E-state index in [0.29, 0.717) is 16.7 Å². The summed E-state index contributed by atoms with van der Waals surface area (Å²) in [5.74, 6) is 4.24. The quantitative estimate of drug-likeness (QED) is 0.574. The summed E-state index contributed by atoms with van der Waals surface area (Å²) in [7, 11) is 0. The molecule has 0 bridgehead atoms. The van der Waals surface area contributed by atoms with E-state index in [0.717, 1.165) is 23.7 Å². The van der Waals surface area contributed by atoms with Gasteiger partial charge in [-0.2, -0.15) is 0 Å². The Hall–Kier alpha value is -0.530. The molecule has 2 heteroatoms. The van der Waals surface area contributed by atoms with Crippen molar-refractivity contribution in [2.45, 2.75) is 98.0 Å². The van der Waals surface area contributed by atoms with E-state index in [1.807, 2.05) is 0 Å². The zero-order valence-electron chi connectivity index (χ0n) is 16.9. The van der Waals surface area contributed by atoms with E-state index in [2.05, 4.69) is 20.8 Å². The van der Waals surface area contributed by atoms with Gasteiger partial charge in [0.05, 0.1) is 0 Å². The van der Waals surface area contributed by atoms with Crippen LogP contribution in [-0.4, -0.2) is 12.1 Å². The standard InChI is InChI=1S/C23H38O2/c1-15(25-16(2)24)19-10-11-20-18-9-8-17-7-5-6-13-22(17,3)21(18)12-14-23(19,20)4/h15,17-21H,5-14H2,1-4H3/t15-,17+,18-,19-,20+,21-,22-,23+/m0/s1. The minimum Gasteiger partial charge on any atom is -0.463 e. The largest absolute Gasteiger partial charge is 0.463 e. The fourth-order valence-electron chi connectivity index (χ4n) is 8.45. The summed E-state index contributed by atoms with van der Waals surface area (Å²) in [4.78, 5) is 11.5. The lowest BCUT2D eigenvalue weighted by molar-refractivity contribution is -0.154. The first-order valence-electron chi connectivity index (χ1n) is 11.0. The Bertz CT molecular complexity index is 528. The number of carbonyl (C=O) groups excluding carboxylic acids is 1. The summed E-state index contributed by atoms with van der Waals surface area (Å²) in [5.41, 5.74) is 1.02. The van der Waals surface area contributed by atoms with Gasteiger partial charge in [0.25, 0.3) is 0 Å². The Morgan fingerprint density at radius 2 is 1.68 bits per heavy atom. The normalized spacial score (nSPS) is 50.3. The lowest BCUT2D eigenvalue weighted by Gasteiger charge is -2.60. The molecule has 142 valence electrons. The SMILES string of the molecule is CC(=O)O[C@@H](C)[C@@H]1CC[C@@H]2[C@@H]3CC[C@H]4CCCC[C@]4(C)[C@H]3CC[C@@]21C. The fourth-order valence-corrected chi connectivity index (χ4v) is 8.45. The molecule has 0 aromatic heterocycles. The number of carbonyl (C=O) groups is 1. The van der Waals surface area contributed by atoms with Crippen molar-refractivity contribution in [2.24, 2.45) is 40.4 Å². The van der Waals surface area contributed by atoms with Crippen LogP contribution in [0.5, 0.6) is 0 Å². The van der Waals surface area contributed by atoms with Gasteiger partial charge in [0.15, 0.2) is 0 Å². The Morgan fingerprint density at radius 3 is 2.44 bits per heavy atom. The van der Waals surface area contributed by atoms with Crippen LogP contribution in [0.3, 0.4) is 0 Å². The van der Waals surface area contributed by atoms with Crippen LogP contribution in [0.4, 0.5) is 0 Å². The molecule has 0 spiro atoms. The molecule has 4 saturated carbocycles. The van der Waals surface area contributed by atoms with Crippen LogP contribution in [-0.2, 0) is 9.53 Å². The first kappa shape index (κ1) is 17.9. The van der Waals surface area contributed by atoms with Gasteiger partial charge in [-0.3, -0.25) is 4.79 Å². The molecule has 0 unspecified atom stereocenters. The van der Waals surface area contributed by atoms with E-state index in [1.54, 1.807) is 6.92 Å². The maximum absolute atomic E-state index is 11.5. The highest BCUT2D eigenvalue weighted by molar-refractivity contribution is 5.66. The molecule has 4 fully saturated rings. The van der Waals surface area contributed by atoms with E-state index in [4.69, 9.17) is 4.74 Å². The van der Waals surface area contributed by atoms with Crippen molar-refractivity contribution in [1.29, 1.82) is 0 Å². The van der Waals surface area contributed by atoms with E-state index in [9.17, 15) is 4.79 Å². The van der Waals surface area contributed by atoms with Gasteiger partial charge in [-0.1, -0.05) is 26.7 Å². The van der Waals surface area contributed by atoms with Crippen molar-refractivity contribution >= 4 is 5.97 Å². The van der Waals surface area contributed by atoms with Crippen LogP contribution in [0.1, 0.15) is 91.9 Å². The average Bonchev–Trinajstić information content (AvgIpc) is 2.91. The predicted molar refractivity (Wildman–Crippen MR) is 101 cm³/mol. The molecule has 0 heterocycles. The minimum absolute atomic E-state index is 0.0886. The van der Waals surface area contributed by atoms with E-state index in [-0.39, 0.29) is 12.1 Å². The molecule has 0 aromatic carbocycles. The van der Waals surface area contributed by atoms with E-state index < -0.39 is 0 Å². The maximum atomic E-state index is 11.5. The predicted octanol–water partition coefficient (Wildman–Crippen LogP) is 5.99. The molecule has 0 amide bonds. The van der Waals surface area contributed by atoms with E-state index in [1.165, 1.54) is 64.2 Å². The molecule has 8 atom stereocenters. The Labute approximate surface area is 154 Å². The highest BCUT2D eigenvalue weighted by Crippen LogP contribution is 2.67. The van der Waals surface area contributed by atoms with Crippen molar-refractivity contribution in [3.05, 3.63) is 0 Å². The second-order valence-electron chi connectivity index (χ2n) is 10.4. The zero-order chi connectivity index (χ0) is 17.8. The number of fused-ring (bicyclic) bond motifs is 5. The third-order valence-corrected chi connectivity index (χ3v) is 9.58. The van der Waals surface area contributed by atoms with Gasteiger partial charge in [-0.15, -0.1) is 0 Å². The maximum Gasteiger partial charge on any atom is 0.302 e. The number of ether oxygens (including phenoxy) is 1. The number of rotatable bonds is 2. The third kappa shape index (κ3) is 2.69. The molecule has 4 rings (SSSR count). The molecular formula is C23H38O2. The van der Waals surface area contributed by atoms with Crippen molar-refractivity contribution in [3.63, 3.8) is 0 Å². The second-order valence-corrected chi connectivity index (χ2v) is 10.4. The molecular weight excluding hydrogens is 308 g/mol. The lowest BCUT2D eigenvalue weighted by atomic mass is 9.45. The van der Waals surface area contributed by atoms with Gasteiger partial charge in [-0.25, -0.2) is 0 Å². The smallest absolute Gasteiger partial charge is 0.302 e. The Morgan fingerprint density at radius 1 is 0.920 bits per heavy atom. The summed E-state index contributed by atoms with van der Waals surface area (Å²) in [6.07, 6.45) is 14.4. The van der Waals surface area contributed by atoms with Gasteiger partial charge in [-0.05, 0) is 92.8 Å². The lowest BCUT2D eigenvalue weighted by Crippen LogP contribution is -2.53. The van der Waals surface area contributed by atoms with Crippen LogP contribution in [0.25, 0.3) is 0 Å². The molecule has 0 saturated heterocycles. The van der Waals surface area contributed by atoms with Gasteiger partial charge in [0.1, 0.15) is 6.10 Å². The first-order chi connectivity index (χ1) is 11.9. The molecule has 0 aliphatic heterocycles. The molecule has 25 heavy (non-hydrogen) atoms. The second kappa shape index (κ2) is 6.27.